The number of esters is 3. The molecule has 0 N–H and O–H groups in total. The fraction of sp³-hybridized carbons (Fsp3) is 0.742. The van der Waals surface area contributed by atoms with Crippen LogP contribution in [0.4, 0.5) is 0 Å². The van der Waals surface area contributed by atoms with Crippen LogP contribution in [0.15, 0.2) is 85.1 Å². The number of allylic oxidation sites excluding steroid dienone is 14. The lowest BCUT2D eigenvalue weighted by Gasteiger charge is -2.18. The molecule has 0 aromatic heterocycles. The summed E-state index contributed by atoms with van der Waals surface area (Å²) in [5, 5.41) is 0. The number of ether oxygens (including phenoxy) is 3. The molecule has 0 heterocycles. The molecule has 0 radical (unpaired) electrons. The van der Waals surface area contributed by atoms with Gasteiger partial charge in [0, 0.05) is 19.3 Å². The van der Waals surface area contributed by atoms with E-state index in [1.807, 2.05) is 0 Å². The third kappa shape index (κ3) is 57.5. The SMILES string of the molecule is CC/C=C\C/C=C\C/C=C\C/C=C\CCCCCCCCC(=O)OC(COC(=O)CCCCCCC/C=C\C/C=C\C/C=C\CC)COC(=O)CCCCCCCCCCCCCCCCCCCCCC. The Kier molecular flexibility index (Phi) is 57.3. The maximum Gasteiger partial charge on any atom is 0.306 e. The summed E-state index contributed by atoms with van der Waals surface area (Å²) in [4.78, 5) is 38.3. The normalized spacial score (nSPS) is 12.7. The van der Waals surface area contributed by atoms with Gasteiger partial charge >= 0.3 is 17.9 Å². The molecular formula is C66H114O6. The monoisotopic (exact) mass is 1000 g/mol. The standard InChI is InChI=1S/C66H114O6/c1-4-7-10-13-16-19-22-25-28-30-32-34-35-38-41-44-47-50-53-56-59-65(68)71-62-63(61-70-64(67)58-55-52-49-46-43-40-37-27-24-21-18-15-12-9-6-3)72-66(69)60-57-54-51-48-45-42-39-36-33-31-29-26-23-20-17-14-11-8-5-2/h8-9,11-12,17-18,20-21,26-27,29,33,36-37,63H,4-7,10,13-16,19,22-25,28,30-32,34-35,38-62H2,1-3H3/b11-8-,12-9-,20-17-,21-18-,29-26-,36-33-,37-27-. The molecule has 0 aliphatic rings. The van der Waals surface area contributed by atoms with E-state index >= 15 is 0 Å². The van der Waals surface area contributed by atoms with Gasteiger partial charge < -0.3 is 14.2 Å². The maximum atomic E-state index is 12.9. The third-order valence-electron chi connectivity index (χ3n) is 13.1. The zero-order valence-corrected chi connectivity index (χ0v) is 47.4. The van der Waals surface area contributed by atoms with E-state index in [0.29, 0.717) is 19.3 Å². The zero-order valence-electron chi connectivity index (χ0n) is 47.4. The second-order valence-corrected chi connectivity index (χ2v) is 20.2. The van der Waals surface area contributed by atoms with Crippen molar-refractivity contribution in [3.8, 4) is 0 Å². The molecule has 6 nitrogen and oxygen atoms in total. The van der Waals surface area contributed by atoms with Crippen LogP contribution < -0.4 is 0 Å². The van der Waals surface area contributed by atoms with E-state index in [4.69, 9.17) is 14.2 Å². The highest BCUT2D eigenvalue weighted by Crippen LogP contribution is 2.17. The van der Waals surface area contributed by atoms with Gasteiger partial charge in [0.05, 0.1) is 0 Å². The van der Waals surface area contributed by atoms with Crippen LogP contribution in [0.5, 0.6) is 0 Å². The van der Waals surface area contributed by atoms with Crippen LogP contribution in [0, 0.1) is 0 Å². The number of hydrogen-bond donors (Lipinski definition) is 0. The Bertz CT molecular complexity index is 1380. The van der Waals surface area contributed by atoms with Crippen LogP contribution in [-0.4, -0.2) is 37.2 Å². The summed E-state index contributed by atoms with van der Waals surface area (Å²) in [7, 11) is 0. The predicted octanol–water partition coefficient (Wildman–Crippen LogP) is 20.7. The van der Waals surface area contributed by atoms with E-state index in [-0.39, 0.29) is 31.1 Å². The predicted molar refractivity (Wildman–Crippen MR) is 311 cm³/mol. The summed E-state index contributed by atoms with van der Waals surface area (Å²) in [6.07, 6.45) is 78.7. The Labute approximate surface area is 445 Å². The van der Waals surface area contributed by atoms with Crippen molar-refractivity contribution in [3.63, 3.8) is 0 Å². The number of rotatable bonds is 55. The summed E-state index contributed by atoms with van der Waals surface area (Å²) in [5.74, 6) is -0.906. The van der Waals surface area contributed by atoms with E-state index in [2.05, 4.69) is 106 Å². The Balaban J connectivity index is 4.39. The molecule has 6 heteroatoms. The van der Waals surface area contributed by atoms with Gasteiger partial charge in [-0.3, -0.25) is 14.4 Å². The highest BCUT2D eigenvalue weighted by Gasteiger charge is 2.19. The average Bonchev–Trinajstić information content (AvgIpc) is 3.38. The first-order chi connectivity index (χ1) is 35.5. The van der Waals surface area contributed by atoms with Crippen molar-refractivity contribution in [1.82, 2.24) is 0 Å². The van der Waals surface area contributed by atoms with Gasteiger partial charge in [-0.2, -0.15) is 0 Å². The lowest BCUT2D eigenvalue weighted by atomic mass is 10.0. The lowest BCUT2D eigenvalue weighted by molar-refractivity contribution is -0.167. The number of carbonyl (C=O) groups excluding carboxylic acids is 3. The molecule has 0 saturated heterocycles. The Morgan fingerprint density at radius 2 is 0.542 bits per heavy atom. The number of carbonyl (C=O) groups is 3. The van der Waals surface area contributed by atoms with Crippen molar-refractivity contribution in [3.05, 3.63) is 85.1 Å². The van der Waals surface area contributed by atoms with Gasteiger partial charge in [-0.05, 0) is 89.9 Å². The van der Waals surface area contributed by atoms with Crippen molar-refractivity contribution >= 4 is 17.9 Å². The first-order valence-corrected chi connectivity index (χ1v) is 30.6. The van der Waals surface area contributed by atoms with Crippen molar-refractivity contribution in [2.75, 3.05) is 13.2 Å². The van der Waals surface area contributed by atoms with Crippen molar-refractivity contribution in [2.45, 2.75) is 303 Å². The van der Waals surface area contributed by atoms with E-state index in [9.17, 15) is 14.4 Å². The zero-order chi connectivity index (χ0) is 52.2. The van der Waals surface area contributed by atoms with Gasteiger partial charge in [-0.15, -0.1) is 0 Å². The Morgan fingerprint density at radius 1 is 0.292 bits per heavy atom. The fourth-order valence-corrected chi connectivity index (χ4v) is 8.63. The molecule has 0 fully saturated rings. The first-order valence-electron chi connectivity index (χ1n) is 30.6. The molecule has 72 heavy (non-hydrogen) atoms. The third-order valence-corrected chi connectivity index (χ3v) is 13.1. The Morgan fingerprint density at radius 3 is 0.847 bits per heavy atom. The average molecular weight is 1000 g/mol. The van der Waals surface area contributed by atoms with Crippen LogP contribution in [-0.2, 0) is 28.6 Å². The summed E-state index contributed by atoms with van der Waals surface area (Å²) < 4.78 is 16.9. The highest BCUT2D eigenvalue weighted by atomic mass is 16.6. The molecule has 0 bridgehead atoms. The van der Waals surface area contributed by atoms with Crippen molar-refractivity contribution in [2.24, 2.45) is 0 Å². The molecule has 414 valence electrons. The Hall–Kier alpha value is -3.41. The smallest absolute Gasteiger partial charge is 0.306 e. The molecule has 0 aromatic rings. The van der Waals surface area contributed by atoms with Crippen molar-refractivity contribution in [1.29, 1.82) is 0 Å². The van der Waals surface area contributed by atoms with Gasteiger partial charge in [0.15, 0.2) is 6.10 Å². The maximum absolute atomic E-state index is 12.9. The van der Waals surface area contributed by atoms with Crippen molar-refractivity contribution < 1.29 is 28.6 Å². The van der Waals surface area contributed by atoms with E-state index in [1.54, 1.807) is 0 Å². The van der Waals surface area contributed by atoms with Gasteiger partial charge in [0.1, 0.15) is 13.2 Å². The van der Waals surface area contributed by atoms with Gasteiger partial charge in [0.25, 0.3) is 0 Å². The molecule has 0 aliphatic heterocycles. The van der Waals surface area contributed by atoms with E-state index < -0.39 is 6.10 Å². The van der Waals surface area contributed by atoms with Crippen LogP contribution in [0.3, 0.4) is 0 Å². The second kappa shape index (κ2) is 60.1. The van der Waals surface area contributed by atoms with Gasteiger partial charge in [-0.25, -0.2) is 0 Å². The minimum Gasteiger partial charge on any atom is -0.462 e. The quantitative estimate of drug-likeness (QED) is 0.0261. The summed E-state index contributed by atoms with van der Waals surface area (Å²) >= 11 is 0. The molecule has 0 amide bonds. The topological polar surface area (TPSA) is 78.9 Å². The van der Waals surface area contributed by atoms with Crippen LogP contribution >= 0.6 is 0 Å². The van der Waals surface area contributed by atoms with E-state index in [0.717, 1.165) is 135 Å². The highest BCUT2D eigenvalue weighted by molar-refractivity contribution is 5.71. The summed E-state index contributed by atoms with van der Waals surface area (Å²) in [6, 6.07) is 0. The molecule has 0 rings (SSSR count). The largest absolute Gasteiger partial charge is 0.462 e. The molecule has 0 aromatic carbocycles. The molecule has 0 aliphatic carbocycles. The van der Waals surface area contributed by atoms with Crippen LogP contribution in [0.2, 0.25) is 0 Å². The van der Waals surface area contributed by atoms with Gasteiger partial charge in [0.2, 0.25) is 0 Å². The van der Waals surface area contributed by atoms with Crippen LogP contribution in [0.25, 0.3) is 0 Å². The van der Waals surface area contributed by atoms with Crippen LogP contribution in [0.1, 0.15) is 297 Å². The van der Waals surface area contributed by atoms with E-state index in [1.165, 1.54) is 122 Å². The summed E-state index contributed by atoms with van der Waals surface area (Å²) in [6.45, 7) is 6.42. The molecular weight excluding hydrogens is 889 g/mol. The fourth-order valence-electron chi connectivity index (χ4n) is 8.63. The molecule has 0 spiro atoms. The first kappa shape index (κ1) is 68.6. The number of unbranched alkanes of at least 4 members (excludes halogenated alkanes) is 30. The minimum absolute atomic E-state index is 0.0860. The van der Waals surface area contributed by atoms with Gasteiger partial charge in [-0.1, -0.05) is 273 Å². The number of hydrogen-bond acceptors (Lipinski definition) is 6. The molecule has 1 atom stereocenters. The molecule has 1 unspecified atom stereocenters. The second-order valence-electron chi connectivity index (χ2n) is 20.2. The molecule has 0 saturated carbocycles. The summed E-state index contributed by atoms with van der Waals surface area (Å²) in [5.41, 5.74) is 0. The lowest BCUT2D eigenvalue weighted by Crippen LogP contribution is -2.30. The minimum atomic E-state index is -0.792.